The van der Waals surface area contributed by atoms with Gasteiger partial charge < -0.3 is 8.92 Å². The molecule has 3 rings (SSSR count). The van der Waals surface area contributed by atoms with Crippen LogP contribution in [0.3, 0.4) is 0 Å². The van der Waals surface area contributed by atoms with Crippen LogP contribution in [-0.4, -0.2) is 8.42 Å². The third-order valence-electron chi connectivity index (χ3n) is 3.46. The van der Waals surface area contributed by atoms with Crippen molar-refractivity contribution in [3.05, 3.63) is 84.4 Å². The van der Waals surface area contributed by atoms with Gasteiger partial charge in [-0.25, -0.2) is 0 Å². The molecule has 0 saturated heterocycles. The molecule has 0 radical (unpaired) electrons. The van der Waals surface area contributed by atoms with Gasteiger partial charge in [-0.2, -0.15) is 21.6 Å². The second-order valence-electron chi connectivity index (χ2n) is 5.45. The van der Waals surface area contributed by atoms with Gasteiger partial charge in [0.15, 0.2) is 0 Å². The molecule has 0 saturated carbocycles. The minimum Gasteiger partial charge on any atom is -0.457 e. The number of rotatable bonds is 5. The van der Waals surface area contributed by atoms with Crippen molar-refractivity contribution < 1.29 is 30.5 Å². The van der Waals surface area contributed by atoms with Gasteiger partial charge in [0.2, 0.25) is 0 Å². The van der Waals surface area contributed by atoms with Crippen LogP contribution >= 0.6 is 0 Å². The first-order valence-corrected chi connectivity index (χ1v) is 9.10. The molecule has 3 aromatic carbocycles. The Kier molecular flexibility index (Phi) is 5.09. The summed E-state index contributed by atoms with van der Waals surface area (Å²) in [5.74, 6) is 0.557. The molecule has 8 heteroatoms. The van der Waals surface area contributed by atoms with E-state index in [0.29, 0.717) is 17.6 Å². The lowest BCUT2D eigenvalue weighted by molar-refractivity contribution is -0.137. The molecule has 140 valence electrons. The molecule has 0 spiro atoms. The summed E-state index contributed by atoms with van der Waals surface area (Å²) in [5.41, 5.74) is -0.998. The first kappa shape index (κ1) is 18.8. The maximum atomic E-state index is 12.7. The summed E-state index contributed by atoms with van der Waals surface area (Å²) in [5, 5.41) is 0. The first-order chi connectivity index (χ1) is 12.7. The molecule has 27 heavy (non-hydrogen) atoms. The van der Waals surface area contributed by atoms with Crippen molar-refractivity contribution in [2.75, 3.05) is 0 Å². The fraction of sp³-hybridized carbons (Fsp3) is 0.0526. The molecule has 0 bridgehead atoms. The topological polar surface area (TPSA) is 52.6 Å². The molecule has 0 N–H and O–H groups in total. The molecule has 4 nitrogen and oxygen atoms in total. The average molecular weight is 394 g/mol. The third-order valence-corrected chi connectivity index (χ3v) is 4.72. The van der Waals surface area contributed by atoms with Gasteiger partial charge in [0, 0.05) is 0 Å². The highest BCUT2D eigenvalue weighted by atomic mass is 32.2. The van der Waals surface area contributed by atoms with E-state index in [4.69, 9.17) is 8.92 Å². The average Bonchev–Trinajstić information content (AvgIpc) is 2.62. The van der Waals surface area contributed by atoms with Gasteiger partial charge in [-0.1, -0.05) is 24.3 Å². The number of ether oxygens (including phenoxy) is 1. The highest BCUT2D eigenvalue weighted by Gasteiger charge is 2.31. The normalized spacial score (nSPS) is 11.8. The maximum Gasteiger partial charge on any atom is 0.416 e. The molecule has 0 amide bonds. The monoisotopic (exact) mass is 394 g/mol. The summed E-state index contributed by atoms with van der Waals surface area (Å²) in [7, 11) is -4.29. The fourth-order valence-electron chi connectivity index (χ4n) is 2.20. The van der Waals surface area contributed by atoms with Crippen LogP contribution in [0.5, 0.6) is 17.2 Å². The van der Waals surface area contributed by atoms with Crippen molar-refractivity contribution in [2.45, 2.75) is 11.1 Å². The summed E-state index contributed by atoms with van der Waals surface area (Å²) in [6.07, 6.45) is -4.60. The zero-order valence-electron chi connectivity index (χ0n) is 13.7. The van der Waals surface area contributed by atoms with Crippen LogP contribution in [0.1, 0.15) is 5.56 Å². The lowest BCUT2D eigenvalue weighted by atomic mass is 10.2. The highest BCUT2D eigenvalue weighted by molar-refractivity contribution is 7.87. The van der Waals surface area contributed by atoms with Crippen LogP contribution in [0.2, 0.25) is 0 Å². The molecular formula is C19H13F3O4S. The van der Waals surface area contributed by atoms with E-state index < -0.39 is 27.6 Å². The zero-order chi connectivity index (χ0) is 19.5. The third kappa shape index (κ3) is 4.79. The molecular weight excluding hydrogens is 381 g/mol. The van der Waals surface area contributed by atoms with E-state index in [0.717, 1.165) is 18.2 Å². The number of benzene rings is 3. The Balaban J connectivity index is 1.77. The Bertz CT molecular complexity index is 1010. The van der Waals surface area contributed by atoms with Crippen LogP contribution in [0.25, 0.3) is 0 Å². The van der Waals surface area contributed by atoms with Crippen LogP contribution in [0.4, 0.5) is 13.2 Å². The Labute approximate surface area is 153 Å². The van der Waals surface area contributed by atoms with Crippen molar-refractivity contribution in [3.63, 3.8) is 0 Å². The van der Waals surface area contributed by atoms with E-state index in [9.17, 15) is 21.6 Å². The van der Waals surface area contributed by atoms with Gasteiger partial charge in [-0.05, 0) is 54.6 Å². The molecule has 0 fully saturated rings. The van der Waals surface area contributed by atoms with E-state index >= 15 is 0 Å². The molecule has 0 aliphatic carbocycles. The molecule has 0 aliphatic rings. The van der Waals surface area contributed by atoms with Crippen molar-refractivity contribution in [1.29, 1.82) is 0 Å². The van der Waals surface area contributed by atoms with Crippen LogP contribution < -0.4 is 8.92 Å². The van der Waals surface area contributed by atoms with Gasteiger partial charge in [0.25, 0.3) is 0 Å². The smallest absolute Gasteiger partial charge is 0.416 e. The van der Waals surface area contributed by atoms with Gasteiger partial charge in [-0.15, -0.1) is 0 Å². The minimum absolute atomic E-state index is 0.208. The van der Waals surface area contributed by atoms with Crippen LogP contribution in [0.15, 0.2) is 83.8 Å². The van der Waals surface area contributed by atoms with Gasteiger partial charge in [0.05, 0.1) is 5.56 Å². The molecule has 0 heterocycles. The van der Waals surface area contributed by atoms with Gasteiger partial charge in [0.1, 0.15) is 22.1 Å². The van der Waals surface area contributed by atoms with Crippen LogP contribution in [0, 0.1) is 0 Å². The largest absolute Gasteiger partial charge is 0.457 e. The Morgan fingerprint density at radius 1 is 0.704 bits per heavy atom. The first-order valence-electron chi connectivity index (χ1n) is 7.69. The SMILES string of the molecule is O=S(=O)(Oc1cccc(C(F)(F)F)c1)c1ccc(Oc2ccccc2)cc1. The standard InChI is InChI=1S/C19H13F3O4S/c20-19(21,22)14-5-4-8-17(13-14)26-27(23,24)18-11-9-16(10-12-18)25-15-6-2-1-3-7-15/h1-13H. The summed E-state index contributed by atoms with van der Waals surface area (Å²) < 4.78 is 73.1. The van der Waals surface area contributed by atoms with Gasteiger partial charge in [-0.3, -0.25) is 0 Å². The minimum atomic E-state index is -4.60. The second kappa shape index (κ2) is 7.32. The Hall–Kier alpha value is -3.00. The fourth-order valence-corrected chi connectivity index (χ4v) is 3.12. The Morgan fingerprint density at radius 3 is 1.93 bits per heavy atom. The number of halogens is 3. The number of hydrogen-bond acceptors (Lipinski definition) is 4. The van der Waals surface area contributed by atoms with Crippen molar-refractivity contribution in [2.24, 2.45) is 0 Å². The van der Waals surface area contributed by atoms with Gasteiger partial charge >= 0.3 is 16.3 Å². The molecule has 3 aromatic rings. The summed E-state index contributed by atoms with van der Waals surface area (Å²) >= 11 is 0. The summed E-state index contributed by atoms with van der Waals surface area (Å²) in [6, 6.07) is 17.9. The summed E-state index contributed by atoms with van der Waals surface area (Å²) in [4.78, 5) is -0.208. The van der Waals surface area contributed by atoms with Crippen molar-refractivity contribution in [3.8, 4) is 17.2 Å². The molecule has 0 aliphatic heterocycles. The molecule has 0 aromatic heterocycles. The van der Waals surface area contributed by atoms with E-state index in [2.05, 4.69) is 0 Å². The van der Waals surface area contributed by atoms with E-state index in [1.54, 1.807) is 24.3 Å². The highest BCUT2D eigenvalue weighted by Crippen LogP contribution is 2.32. The van der Waals surface area contributed by atoms with E-state index in [1.165, 1.54) is 24.3 Å². The van der Waals surface area contributed by atoms with E-state index in [-0.39, 0.29) is 4.90 Å². The van der Waals surface area contributed by atoms with Crippen molar-refractivity contribution in [1.82, 2.24) is 0 Å². The predicted octanol–water partition coefficient (Wildman–Crippen LogP) is 5.27. The second-order valence-corrected chi connectivity index (χ2v) is 7.00. The zero-order valence-corrected chi connectivity index (χ0v) is 14.5. The number of hydrogen-bond donors (Lipinski definition) is 0. The maximum absolute atomic E-state index is 12.7. The molecule has 0 atom stereocenters. The van der Waals surface area contributed by atoms with Crippen LogP contribution in [-0.2, 0) is 16.3 Å². The lowest BCUT2D eigenvalue weighted by Gasteiger charge is -2.11. The number of para-hydroxylation sites is 1. The van der Waals surface area contributed by atoms with Crippen molar-refractivity contribution >= 4 is 10.1 Å². The Morgan fingerprint density at radius 2 is 1.30 bits per heavy atom. The molecule has 0 unspecified atom stereocenters. The predicted molar refractivity (Wildman–Crippen MR) is 92.2 cm³/mol. The summed E-state index contributed by atoms with van der Waals surface area (Å²) in [6.45, 7) is 0. The lowest BCUT2D eigenvalue weighted by Crippen LogP contribution is -2.11. The van der Waals surface area contributed by atoms with E-state index in [1.807, 2.05) is 6.07 Å². The number of alkyl halides is 3. The quantitative estimate of drug-likeness (QED) is 0.554.